The van der Waals surface area contributed by atoms with Crippen LogP contribution in [0.15, 0.2) is 53.6 Å². The Labute approximate surface area is 149 Å². The molecule has 0 bridgehead atoms. The number of para-hydroxylation sites is 1. The normalized spacial score (nSPS) is 11.6. The molecule has 0 unspecified atom stereocenters. The van der Waals surface area contributed by atoms with Crippen LogP contribution in [0.25, 0.3) is 22.1 Å². The molecule has 1 N–H and O–H groups in total. The van der Waals surface area contributed by atoms with Crippen LogP contribution >= 0.6 is 11.6 Å². The van der Waals surface area contributed by atoms with Gasteiger partial charge in [-0.1, -0.05) is 48.0 Å². The lowest BCUT2D eigenvalue weighted by molar-refractivity contribution is 0.811. The van der Waals surface area contributed by atoms with Gasteiger partial charge in [0.05, 0.1) is 11.7 Å². The van der Waals surface area contributed by atoms with Crippen LogP contribution in [0.4, 0.5) is 5.95 Å². The zero-order valence-electron chi connectivity index (χ0n) is 13.5. The maximum Gasteiger partial charge on any atom is 0.265 e. The predicted octanol–water partition coefficient (Wildman–Crippen LogP) is 4.10. The van der Waals surface area contributed by atoms with Gasteiger partial charge in [0.2, 0.25) is 0 Å². The molecule has 2 aromatic carbocycles. The third-order valence-corrected chi connectivity index (χ3v) is 4.31. The van der Waals surface area contributed by atoms with Crippen LogP contribution in [-0.2, 0) is 6.54 Å². The van der Waals surface area contributed by atoms with Gasteiger partial charge in [-0.05, 0) is 19.1 Å². The summed E-state index contributed by atoms with van der Waals surface area (Å²) < 4.78 is 2.11. The van der Waals surface area contributed by atoms with Crippen LogP contribution in [0.3, 0.4) is 0 Å². The van der Waals surface area contributed by atoms with E-state index in [2.05, 4.69) is 43.3 Å². The highest BCUT2D eigenvalue weighted by Gasteiger charge is 2.13. The Hall–Kier alpha value is -2.99. The second kappa shape index (κ2) is 6.49. The second-order valence-electron chi connectivity index (χ2n) is 5.46. The monoisotopic (exact) mass is 350 g/mol. The summed E-state index contributed by atoms with van der Waals surface area (Å²) in [5, 5.41) is 14.3. The van der Waals surface area contributed by atoms with Gasteiger partial charge in [0.15, 0.2) is 5.65 Å². The maximum atomic E-state index is 6.10. The van der Waals surface area contributed by atoms with E-state index in [1.165, 1.54) is 0 Å². The molecule has 0 aliphatic heterocycles. The first-order chi connectivity index (χ1) is 12.3. The Morgan fingerprint density at radius 3 is 2.76 bits per heavy atom. The van der Waals surface area contributed by atoms with Crippen molar-refractivity contribution >= 4 is 45.8 Å². The van der Waals surface area contributed by atoms with Crippen molar-refractivity contribution in [3.8, 4) is 0 Å². The molecule has 0 aliphatic rings. The number of halogens is 1. The van der Waals surface area contributed by atoms with Crippen molar-refractivity contribution in [3.05, 3.63) is 59.1 Å². The summed E-state index contributed by atoms with van der Waals surface area (Å²) in [6, 6.07) is 15.6. The number of aromatic nitrogens is 4. The lowest BCUT2D eigenvalue weighted by Gasteiger charge is -2.02. The van der Waals surface area contributed by atoms with Crippen LogP contribution in [0.2, 0.25) is 5.02 Å². The van der Waals surface area contributed by atoms with E-state index in [1.54, 1.807) is 6.21 Å². The van der Waals surface area contributed by atoms with Crippen molar-refractivity contribution < 1.29 is 0 Å². The summed E-state index contributed by atoms with van der Waals surface area (Å²) in [6.07, 6.45) is 1.63. The molecule has 0 spiro atoms. The molecule has 0 amide bonds. The van der Waals surface area contributed by atoms with Crippen molar-refractivity contribution in [2.24, 2.45) is 5.10 Å². The lowest BCUT2D eigenvalue weighted by atomic mass is 10.2. The number of hydrazone groups is 1. The standard InChI is InChI=1S/C18H15ClN6/c1-2-25-15-10-6-4-8-13(15)16-17(25)21-18(24-22-16)23-20-11-12-7-3-5-9-14(12)19/h3-11H,2H2,1H3,(H,21,23,24). The van der Waals surface area contributed by atoms with Gasteiger partial charge in [0, 0.05) is 22.5 Å². The van der Waals surface area contributed by atoms with Gasteiger partial charge >= 0.3 is 0 Å². The summed E-state index contributed by atoms with van der Waals surface area (Å²) in [7, 11) is 0. The molecule has 2 heterocycles. The Morgan fingerprint density at radius 2 is 1.92 bits per heavy atom. The number of nitrogens with one attached hydrogen (secondary N) is 1. The average Bonchev–Trinajstić information content (AvgIpc) is 2.96. The minimum absolute atomic E-state index is 0.341. The van der Waals surface area contributed by atoms with E-state index in [0.29, 0.717) is 11.0 Å². The minimum Gasteiger partial charge on any atom is -0.324 e. The van der Waals surface area contributed by atoms with Crippen LogP contribution in [-0.4, -0.2) is 26.0 Å². The van der Waals surface area contributed by atoms with Gasteiger partial charge in [-0.15, -0.1) is 10.2 Å². The fourth-order valence-electron chi connectivity index (χ4n) is 2.81. The number of fused-ring (bicyclic) bond motifs is 3. The van der Waals surface area contributed by atoms with Crippen molar-refractivity contribution in [1.82, 2.24) is 19.7 Å². The third kappa shape index (κ3) is 2.81. The second-order valence-corrected chi connectivity index (χ2v) is 5.87. The summed E-state index contributed by atoms with van der Waals surface area (Å²) in [6.45, 7) is 2.88. The Morgan fingerprint density at radius 1 is 1.12 bits per heavy atom. The predicted molar refractivity (Wildman–Crippen MR) is 101 cm³/mol. The lowest BCUT2D eigenvalue weighted by Crippen LogP contribution is -2.02. The molecule has 0 saturated carbocycles. The molecule has 0 radical (unpaired) electrons. The Bertz CT molecular complexity index is 1090. The molecule has 7 heteroatoms. The first kappa shape index (κ1) is 15.5. The molecular formula is C18H15ClN6. The largest absolute Gasteiger partial charge is 0.324 e. The van der Waals surface area contributed by atoms with Crippen LogP contribution < -0.4 is 5.43 Å². The van der Waals surface area contributed by atoms with Crippen molar-refractivity contribution in [1.29, 1.82) is 0 Å². The maximum absolute atomic E-state index is 6.10. The summed E-state index contributed by atoms with van der Waals surface area (Å²) in [5.74, 6) is 0.341. The molecule has 124 valence electrons. The highest BCUT2D eigenvalue weighted by molar-refractivity contribution is 6.33. The van der Waals surface area contributed by atoms with E-state index in [0.717, 1.165) is 34.2 Å². The zero-order valence-corrected chi connectivity index (χ0v) is 14.3. The molecule has 2 aromatic heterocycles. The molecule has 0 fully saturated rings. The van der Waals surface area contributed by atoms with Gasteiger partial charge in [-0.25, -0.2) is 5.43 Å². The zero-order chi connectivity index (χ0) is 17.2. The van der Waals surface area contributed by atoms with E-state index in [-0.39, 0.29) is 0 Å². The summed E-state index contributed by atoms with van der Waals surface area (Å²) in [5.41, 5.74) is 6.31. The quantitative estimate of drug-likeness (QED) is 0.444. The molecule has 25 heavy (non-hydrogen) atoms. The number of anilines is 1. The molecule has 0 atom stereocenters. The van der Waals surface area contributed by atoms with Crippen LogP contribution in [0, 0.1) is 0 Å². The van der Waals surface area contributed by atoms with Crippen molar-refractivity contribution in [3.63, 3.8) is 0 Å². The van der Waals surface area contributed by atoms with E-state index < -0.39 is 0 Å². The molecular weight excluding hydrogens is 336 g/mol. The molecule has 4 aromatic rings. The van der Waals surface area contributed by atoms with Crippen LogP contribution in [0.5, 0.6) is 0 Å². The van der Waals surface area contributed by atoms with Gasteiger partial charge in [-0.2, -0.15) is 10.1 Å². The van der Waals surface area contributed by atoms with Crippen molar-refractivity contribution in [2.75, 3.05) is 5.43 Å². The fraction of sp³-hybridized carbons (Fsp3) is 0.111. The van der Waals surface area contributed by atoms with Gasteiger partial charge in [0.1, 0.15) is 5.52 Å². The Kier molecular flexibility index (Phi) is 4.03. The van der Waals surface area contributed by atoms with Gasteiger partial charge in [-0.3, -0.25) is 0 Å². The summed E-state index contributed by atoms with van der Waals surface area (Å²) in [4.78, 5) is 4.57. The van der Waals surface area contributed by atoms with E-state index in [9.17, 15) is 0 Å². The van der Waals surface area contributed by atoms with E-state index in [4.69, 9.17) is 11.6 Å². The molecule has 4 rings (SSSR count). The number of aryl methyl sites for hydroxylation is 1. The average molecular weight is 351 g/mol. The van der Waals surface area contributed by atoms with Crippen LogP contribution in [0.1, 0.15) is 12.5 Å². The highest BCUT2D eigenvalue weighted by atomic mass is 35.5. The molecule has 0 aliphatic carbocycles. The number of hydrogen-bond donors (Lipinski definition) is 1. The third-order valence-electron chi connectivity index (χ3n) is 3.96. The SMILES string of the molecule is CCn1c2ccccc2c2nnc(NN=Cc3ccccc3Cl)nc21. The van der Waals surface area contributed by atoms with Gasteiger partial charge < -0.3 is 4.57 Å². The summed E-state index contributed by atoms with van der Waals surface area (Å²) >= 11 is 6.10. The number of rotatable bonds is 4. The first-order valence-electron chi connectivity index (χ1n) is 7.93. The van der Waals surface area contributed by atoms with E-state index >= 15 is 0 Å². The van der Waals surface area contributed by atoms with Crippen molar-refractivity contribution in [2.45, 2.75) is 13.5 Å². The molecule has 6 nitrogen and oxygen atoms in total. The number of hydrogen-bond acceptors (Lipinski definition) is 5. The smallest absolute Gasteiger partial charge is 0.265 e. The first-order valence-corrected chi connectivity index (χ1v) is 8.31. The Balaban J connectivity index is 1.69. The topological polar surface area (TPSA) is 68.0 Å². The van der Waals surface area contributed by atoms with Gasteiger partial charge in [0.25, 0.3) is 5.95 Å². The van der Waals surface area contributed by atoms with E-state index in [1.807, 2.05) is 42.5 Å². The highest BCUT2D eigenvalue weighted by Crippen LogP contribution is 2.26. The molecule has 0 saturated heterocycles. The fourth-order valence-corrected chi connectivity index (χ4v) is 2.99. The number of benzene rings is 2. The minimum atomic E-state index is 0.341. The number of nitrogens with zero attached hydrogens (tertiary/aromatic N) is 5.